The van der Waals surface area contributed by atoms with Gasteiger partial charge in [-0.3, -0.25) is 0 Å². The van der Waals surface area contributed by atoms with E-state index in [1.807, 2.05) is 32.9 Å². The highest BCUT2D eigenvalue weighted by molar-refractivity contribution is 7.16. The molecular formula is C15H19N3O3S. The van der Waals surface area contributed by atoms with Crippen LogP contribution in [0.25, 0.3) is 10.3 Å². The van der Waals surface area contributed by atoms with E-state index in [9.17, 15) is 4.79 Å². The lowest BCUT2D eigenvalue weighted by molar-refractivity contribution is 0.0275. The SMILES string of the molecule is CC(C)(C)OC(=O)N1CCC(Oc2ccc3ncsc3n2)C1. The first-order valence-corrected chi connectivity index (χ1v) is 8.13. The van der Waals surface area contributed by atoms with Crippen molar-refractivity contribution >= 4 is 27.8 Å². The molecule has 1 unspecified atom stereocenters. The summed E-state index contributed by atoms with van der Waals surface area (Å²) in [5.41, 5.74) is 2.16. The van der Waals surface area contributed by atoms with Gasteiger partial charge in [0.15, 0.2) is 0 Å². The lowest BCUT2D eigenvalue weighted by Gasteiger charge is -2.24. The summed E-state index contributed by atoms with van der Waals surface area (Å²) in [6.07, 6.45) is 0.441. The lowest BCUT2D eigenvalue weighted by Crippen LogP contribution is -2.36. The number of hydrogen-bond donors (Lipinski definition) is 0. The van der Waals surface area contributed by atoms with Crippen LogP contribution in [0, 0.1) is 0 Å². The number of nitrogens with zero attached hydrogens (tertiary/aromatic N) is 3. The summed E-state index contributed by atoms with van der Waals surface area (Å²) in [5.74, 6) is 0.577. The maximum Gasteiger partial charge on any atom is 0.410 e. The van der Waals surface area contributed by atoms with Gasteiger partial charge in [-0.25, -0.2) is 14.8 Å². The van der Waals surface area contributed by atoms with Crippen LogP contribution in [-0.4, -0.2) is 45.8 Å². The van der Waals surface area contributed by atoms with E-state index in [1.54, 1.807) is 10.4 Å². The highest BCUT2D eigenvalue weighted by Crippen LogP contribution is 2.22. The molecule has 0 N–H and O–H groups in total. The van der Waals surface area contributed by atoms with Crippen molar-refractivity contribution in [1.29, 1.82) is 0 Å². The molecule has 1 amide bonds. The molecule has 0 aliphatic carbocycles. The van der Waals surface area contributed by atoms with E-state index in [0.717, 1.165) is 16.8 Å². The predicted molar refractivity (Wildman–Crippen MR) is 84.3 cm³/mol. The highest BCUT2D eigenvalue weighted by Gasteiger charge is 2.31. The van der Waals surface area contributed by atoms with Gasteiger partial charge >= 0.3 is 6.09 Å². The summed E-state index contributed by atoms with van der Waals surface area (Å²) >= 11 is 1.48. The van der Waals surface area contributed by atoms with Gasteiger partial charge in [0, 0.05) is 19.0 Å². The standard InChI is InChI=1S/C15H19N3O3S/c1-15(2,3)21-14(19)18-7-6-10(8-18)20-12-5-4-11-13(17-12)22-9-16-11/h4-5,9-10H,6-8H2,1-3H3. The number of thiazole rings is 1. The maximum absolute atomic E-state index is 12.0. The van der Waals surface area contributed by atoms with Crippen LogP contribution in [0.3, 0.4) is 0 Å². The van der Waals surface area contributed by atoms with Crippen molar-refractivity contribution in [3.63, 3.8) is 0 Å². The maximum atomic E-state index is 12.0. The summed E-state index contributed by atoms with van der Waals surface area (Å²) in [6.45, 7) is 6.76. The highest BCUT2D eigenvalue weighted by atomic mass is 32.1. The fourth-order valence-corrected chi connectivity index (χ4v) is 2.94. The Bertz CT molecular complexity index is 680. The third-order valence-electron chi connectivity index (χ3n) is 3.25. The van der Waals surface area contributed by atoms with Crippen LogP contribution in [0.2, 0.25) is 0 Å². The molecule has 1 fully saturated rings. The van der Waals surface area contributed by atoms with Gasteiger partial charge < -0.3 is 14.4 Å². The van der Waals surface area contributed by atoms with Crippen molar-refractivity contribution in [3.05, 3.63) is 17.6 Å². The van der Waals surface area contributed by atoms with E-state index >= 15 is 0 Å². The van der Waals surface area contributed by atoms with E-state index in [2.05, 4.69) is 9.97 Å². The molecule has 22 heavy (non-hydrogen) atoms. The Kier molecular flexibility index (Phi) is 3.90. The van der Waals surface area contributed by atoms with E-state index in [1.165, 1.54) is 11.3 Å². The van der Waals surface area contributed by atoms with Gasteiger partial charge in [-0.1, -0.05) is 0 Å². The van der Waals surface area contributed by atoms with Crippen LogP contribution in [0.5, 0.6) is 5.88 Å². The first-order valence-electron chi connectivity index (χ1n) is 7.25. The van der Waals surface area contributed by atoms with Gasteiger partial charge in [0.25, 0.3) is 0 Å². The molecule has 6 nitrogen and oxygen atoms in total. The van der Waals surface area contributed by atoms with Crippen molar-refractivity contribution in [2.24, 2.45) is 0 Å². The molecule has 1 saturated heterocycles. The largest absolute Gasteiger partial charge is 0.472 e. The van der Waals surface area contributed by atoms with Gasteiger partial charge in [-0.05, 0) is 26.8 Å². The molecule has 1 aliphatic heterocycles. The van der Waals surface area contributed by atoms with Crippen molar-refractivity contribution in [1.82, 2.24) is 14.9 Å². The Balaban J connectivity index is 1.59. The second-order valence-corrected chi connectivity index (χ2v) is 7.11. The number of amides is 1. The number of carbonyl (C=O) groups is 1. The van der Waals surface area contributed by atoms with Gasteiger partial charge in [0.1, 0.15) is 22.1 Å². The minimum absolute atomic E-state index is 0.0506. The van der Waals surface area contributed by atoms with E-state index in [0.29, 0.717) is 19.0 Å². The minimum atomic E-state index is -0.477. The number of likely N-dealkylation sites (tertiary alicyclic amines) is 1. The van der Waals surface area contributed by atoms with Crippen LogP contribution >= 0.6 is 11.3 Å². The topological polar surface area (TPSA) is 64.5 Å². The van der Waals surface area contributed by atoms with Crippen LogP contribution in [-0.2, 0) is 4.74 Å². The van der Waals surface area contributed by atoms with Crippen LogP contribution in [0.1, 0.15) is 27.2 Å². The zero-order valence-corrected chi connectivity index (χ0v) is 13.7. The van der Waals surface area contributed by atoms with Crippen molar-refractivity contribution in [2.45, 2.75) is 38.9 Å². The van der Waals surface area contributed by atoms with Gasteiger partial charge in [0.05, 0.1) is 12.1 Å². The molecule has 3 rings (SSSR count). The molecule has 0 saturated carbocycles. The molecule has 0 spiro atoms. The smallest absolute Gasteiger partial charge is 0.410 e. The Labute approximate surface area is 133 Å². The first-order chi connectivity index (χ1) is 10.4. The summed E-state index contributed by atoms with van der Waals surface area (Å²) in [6, 6.07) is 3.72. The molecule has 3 heterocycles. The van der Waals surface area contributed by atoms with E-state index < -0.39 is 5.60 Å². The number of fused-ring (bicyclic) bond motifs is 1. The Morgan fingerprint density at radius 2 is 2.23 bits per heavy atom. The summed E-state index contributed by atoms with van der Waals surface area (Å²) in [5, 5.41) is 0. The van der Waals surface area contributed by atoms with Gasteiger partial charge in [0.2, 0.25) is 5.88 Å². The first kappa shape index (κ1) is 15.0. The Hall–Kier alpha value is -1.89. The fraction of sp³-hybridized carbons (Fsp3) is 0.533. The molecule has 7 heteroatoms. The molecule has 0 bridgehead atoms. The zero-order valence-electron chi connectivity index (χ0n) is 12.9. The third-order valence-corrected chi connectivity index (χ3v) is 3.99. The normalized spacial score (nSPS) is 18.7. The second-order valence-electron chi connectivity index (χ2n) is 6.28. The van der Waals surface area contributed by atoms with Gasteiger partial charge in [-0.2, -0.15) is 0 Å². The summed E-state index contributed by atoms with van der Waals surface area (Å²) in [7, 11) is 0. The zero-order chi connectivity index (χ0) is 15.7. The second kappa shape index (κ2) is 5.72. The van der Waals surface area contributed by atoms with Crippen molar-refractivity contribution in [2.75, 3.05) is 13.1 Å². The number of aromatic nitrogens is 2. The van der Waals surface area contributed by atoms with Crippen LogP contribution in [0.15, 0.2) is 17.6 Å². The predicted octanol–water partition coefficient (Wildman–Crippen LogP) is 3.08. The average molecular weight is 321 g/mol. The number of pyridine rings is 1. The van der Waals surface area contributed by atoms with Crippen LogP contribution < -0.4 is 4.74 Å². The van der Waals surface area contributed by atoms with Crippen molar-refractivity contribution in [3.8, 4) is 5.88 Å². The van der Waals surface area contributed by atoms with E-state index in [4.69, 9.17) is 9.47 Å². The molecule has 1 aliphatic rings. The number of ether oxygens (including phenoxy) is 2. The van der Waals surface area contributed by atoms with Crippen LogP contribution in [0.4, 0.5) is 4.79 Å². The Morgan fingerprint density at radius 1 is 1.41 bits per heavy atom. The molecule has 0 aromatic carbocycles. The summed E-state index contributed by atoms with van der Waals surface area (Å²) in [4.78, 5) is 23.2. The number of hydrogen-bond acceptors (Lipinski definition) is 6. The molecule has 0 radical (unpaired) electrons. The lowest BCUT2D eigenvalue weighted by atomic mass is 10.2. The average Bonchev–Trinajstić information content (AvgIpc) is 3.04. The fourth-order valence-electron chi connectivity index (χ4n) is 2.29. The quantitative estimate of drug-likeness (QED) is 0.850. The Morgan fingerprint density at radius 3 is 3.00 bits per heavy atom. The summed E-state index contributed by atoms with van der Waals surface area (Å²) < 4.78 is 11.3. The number of rotatable bonds is 2. The molecule has 118 valence electrons. The molecular weight excluding hydrogens is 302 g/mol. The molecule has 2 aromatic heterocycles. The van der Waals surface area contributed by atoms with E-state index in [-0.39, 0.29) is 12.2 Å². The van der Waals surface area contributed by atoms with Crippen molar-refractivity contribution < 1.29 is 14.3 Å². The number of carbonyl (C=O) groups excluding carboxylic acids is 1. The monoisotopic (exact) mass is 321 g/mol. The molecule has 1 atom stereocenters. The molecule has 2 aromatic rings. The van der Waals surface area contributed by atoms with Gasteiger partial charge in [-0.15, -0.1) is 11.3 Å². The minimum Gasteiger partial charge on any atom is -0.472 e. The third kappa shape index (κ3) is 3.47.